The second kappa shape index (κ2) is 10.8. The van der Waals surface area contributed by atoms with Gasteiger partial charge in [0.1, 0.15) is 29.3 Å². The molecule has 2 N–H and O–H groups in total. The molecular weight excluding hydrogens is 500 g/mol. The molecule has 0 saturated carbocycles. The summed E-state index contributed by atoms with van der Waals surface area (Å²) in [5.41, 5.74) is 4.85. The summed E-state index contributed by atoms with van der Waals surface area (Å²) in [6.45, 7) is 1.79. The molecule has 1 aliphatic rings. The predicted molar refractivity (Wildman–Crippen MR) is 139 cm³/mol. The third-order valence-electron chi connectivity index (χ3n) is 6.75. The van der Waals surface area contributed by atoms with Crippen LogP contribution in [0.5, 0.6) is 0 Å². The van der Waals surface area contributed by atoms with Gasteiger partial charge in [-0.3, -0.25) is 9.59 Å². The molecule has 2 amide bonds. The normalized spacial score (nSPS) is 13.8. The molecule has 1 atom stereocenters. The predicted octanol–water partition coefficient (Wildman–Crippen LogP) is 4.48. The van der Waals surface area contributed by atoms with Gasteiger partial charge >= 0.3 is 0 Å². The van der Waals surface area contributed by atoms with Crippen molar-refractivity contribution in [2.45, 2.75) is 32.4 Å². The quantitative estimate of drug-likeness (QED) is 0.401. The highest BCUT2D eigenvalue weighted by Crippen LogP contribution is 2.33. The Balaban J connectivity index is 1.39. The van der Waals surface area contributed by atoms with Crippen LogP contribution in [0.1, 0.15) is 66.0 Å². The van der Waals surface area contributed by atoms with E-state index in [4.69, 9.17) is 0 Å². The van der Waals surface area contributed by atoms with Crippen LogP contribution in [0.2, 0.25) is 0 Å². The number of amides is 2. The number of halogens is 2. The maximum absolute atomic E-state index is 14.1. The molecule has 5 rings (SSSR count). The molecule has 0 saturated heterocycles. The molecule has 3 aromatic carbocycles. The van der Waals surface area contributed by atoms with Crippen molar-refractivity contribution in [3.63, 3.8) is 0 Å². The first-order valence-electron chi connectivity index (χ1n) is 12.3. The number of rotatable bonds is 5. The van der Waals surface area contributed by atoms with Crippen LogP contribution in [0.3, 0.4) is 0 Å². The van der Waals surface area contributed by atoms with Gasteiger partial charge in [0.25, 0.3) is 11.8 Å². The number of benzene rings is 3. The third-order valence-corrected chi connectivity index (χ3v) is 6.75. The minimum absolute atomic E-state index is 0.00335. The van der Waals surface area contributed by atoms with Crippen molar-refractivity contribution in [3.8, 4) is 6.07 Å². The number of aryl methyl sites for hydroxylation is 3. The molecule has 194 valence electrons. The Kier molecular flexibility index (Phi) is 7.10. The van der Waals surface area contributed by atoms with Crippen LogP contribution in [-0.2, 0) is 19.4 Å². The smallest absolute Gasteiger partial charge is 0.270 e. The minimum Gasteiger partial charge on any atom is -0.347 e. The summed E-state index contributed by atoms with van der Waals surface area (Å²) in [4.78, 5) is 34.1. The van der Waals surface area contributed by atoms with Crippen molar-refractivity contribution in [2.24, 2.45) is 0 Å². The largest absolute Gasteiger partial charge is 0.347 e. The van der Waals surface area contributed by atoms with E-state index in [9.17, 15) is 23.6 Å². The highest BCUT2D eigenvalue weighted by atomic mass is 19.1. The van der Waals surface area contributed by atoms with Gasteiger partial charge in [-0.2, -0.15) is 5.26 Å². The van der Waals surface area contributed by atoms with E-state index in [2.05, 4.69) is 26.7 Å². The second-order valence-corrected chi connectivity index (χ2v) is 9.33. The molecule has 0 aliphatic heterocycles. The maximum atomic E-state index is 14.1. The Morgan fingerprint density at radius 3 is 2.33 bits per heavy atom. The molecule has 0 radical (unpaired) electrons. The van der Waals surface area contributed by atoms with E-state index in [1.807, 2.05) is 0 Å². The number of nitriles is 1. The minimum atomic E-state index is -0.618. The maximum Gasteiger partial charge on any atom is 0.270 e. The van der Waals surface area contributed by atoms with Crippen molar-refractivity contribution in [2.75, 3.05) is 0 Å². The summed E-state index contributed by atoms with van der Waals surface area (Å²) in [5.74, 6) is -1.76. The molecule has 0 unspecified atom stereocenters. The lowest BCUT2D eigenvalue weighted by Crippen LogP contribution is -2.31. The molecule has 9 heteroatoms. The first kappa shape index (κ1) is 25.7. The Hall–Kier alpha value is -4.97. The van der Waals surface area contributed by atoms with E-state index in [-0.39, 0.29) is 29.6 Å². The number of carbonyl (C=O) groups excluding carboxylic acids is 2. The summed E-state index contributed by atoms with van der Waals surface area (Å²) in [6.07, 6.45) is 2.27. The lowest BCUT2D eigenvalue weighted by Gasteiger charge is -2.22. The van der Waals surface area contributed by atoms with Crippen LogP contribution >= 0.6 is 0 Å². The first-order chi connectivity index (χ1) is 18.8. The van der Waals surface area contributed by atoms with E-state index in [1.54, 1.807) is 43.3 Å². The first-order valence-corrected chi connectivity index (χ1v) is 12.3. The van der Waals surface area contributed by atoms with E-state index >= 15 is 0 Å². The molecule has 0 bridgehead atoms. The van der Waals surface area contributed by atoms with Crippen LogP contribution in [0.4, 0.5) is 8.78 Å². The van der Waals surface area contributed by atoms with E-state index in [0.29, 0.717) is 24.0 Å². The number of nitrogens with one attached hydrogen (secondary N) is 2. The standard InChI is InChI=1S/C30H23F2N5O2/c1-17-10-19(3-9-25(17)32)15-34-29(38)26-13-27(36-16-35-26)30(39)37-28-23-7-2-18(14-33)11-20(23)4-5-21-12-22(31)6-8-24(21)28/h2-3,6-13,16,28H,4-5,15H2,1H3,(H,34,38)(H,37,39)/t28-/m1/s1. The fourth-order valence-electron chi connectivity index (χ4n) is 4.74. The van der Waals surface area contributed by atoms with Crippen molar-refractivity contribution in [3.05, 3.63) is 129 Å². The summed E-state index contributed by atoms with van der Waals surface area (Å²) < 4.78 is 27.6. The Morgan fingerprint density at radius 2 is 1.62 bits per heavy atom. The zero-order chi connectivity index (χ0) is 27.5. The van der Waals surface area contributed by atoms with Gasteiger partial charge in [0.05, 0.1) is 17.7 Å². The third kappa shape index (κ3) is 5.50. The molecule has 4 aromatic rings. The summed E-state index contributed by atoms with van der Waals surface area (Å²) >= 11 is 0. The van der Waals surface area contributed by atoms with Crippen LogP contribution in [0, 0.1) is 29.9 Å². The molecule has 1 heterocycles. The lowest BCUT2D eigenvalue weighted by molar-refractivity contribution is 0.0937. The van der Waals surface area contributed by atoms with Gasteiger partial charge in [-0.15, -0.1) is 0 Å². The lowest BCUT2D eigenvalue weighted by atomic mass is 9.93. The molecular formula is C30H23F2N5O2. The zero-order valence-corrected chi connectivity index (χ0v) is 21.0. The molecule has 1 aliphatic carbocycles. The summed E-state index contributed by atoms with van der Waals surface area (Å²) in [7, 11) is 0. The van der Waals surface area contributed by atoms with Crippen molar-refractivity contribution in [1.82, 2.24) is 20.6 Å². The van der Waals surface area contributed by atoms with Crippen LogP contribution in [0.15, 0.2) is 67.0 Å². The van der Waals surface area contributed by atoms with Crippen molar-refractivity contribution >= 4 is 11.8 Å². The molecule has 1 aromatic heterocycles. The van der Waals surface area contributed by atoms with Gasteiger partial charge in [0, 0.05) is 12.6 Å². The van der Waals surface area contributed by atoms with Crippen molar-refractivity contribution < 1.29 is 18.4 Å². The van der Waals surface area contributed by atoms with E-state index in [1.165, 1.54) is 24.3 Å². The number of carbonyl (C=O) groups is 2. The van der Waals surface area contributed by atoms with Crippen LogP contribution in [-0.4, -0.2) is 21.8 Å². The number of nitrogens with zero attached hydrogens (tertiary/aromatic N) is 3. The van der Waals surface area contributed by atoms with Gasteiger partial charge in [-0.1, -0.05) is 24.3 Å². The molecule has 7 nitrogen and oxygen atoms in total. The molecule has 0 fully saturated rings. The number of hydrogen-bond acceptors (Lipinski definition) is 5. The SMILES string of the molecule is Cc1cc(CNC(=O)c2cc(C(=O)N[C@H]3c4ccc(F)cc4CCc4cc(C#N)ccc43)ncn2)ccc1F. The van der Waals surface area contributed by atoms with Crippen molar-refractivity contribution in [1.29, 1.82) is 5.26 Å². The number of hydrogen-bond donors (Lipinski definition) is 2. The topological polar surface area (TPSA) is 108 Å². The van der Waals surface area contributed by atoms with Crippen LogP contribution < -0.4 is 10.6 Å². The Labute approximate surface area is 223 Å². The summed E-state index contributed by atoms with van der Waals surface area (Å²) in [6, 6.07) is 17.1. The van der Waals surface area contributed by atoms with E-state index < -0.39 is 17.9 Å². The monoisotopic (exact) mass is 523 g/mol. The highest BCUT2D eigenvalue weighted by Gasteiger charge is 2.27. The highest BCUT2D eigenvalue weighted by molar-refractivity contribution is 5.97. The Bertz CT molecular complexity index is 1650. The average Bonchev–Trinajstić information content (AvgIpc) is 3.09. The number of aromatic nitrogens is 2. The van der Waals surface area contributed by atoms with Gasteiger partial charge in [0.2, 0.25) is 0 Å². The van der Waals surface area contributed by atoms with Crippen LogP contribution in [0.25, 0.3) is 0 Å². The van der Waals surface area contributed by atoms with Gasteiger partial charge < -0.3 is 10.6 Å². The molecule has 0 spiro atoms. The number of fused-ring (bicyclic) bond motifs is 2. The van der Waals surface area contributed by atoms with Gasteiger partial charge in [0.15, 0.2) is 0 Å². The second-order valence-electron chi connectivity index (χ2n) is 9.33. The average molecular weight is 524 g/mol. The zero-order valence-electron chi connectivity index (χ0n) is 21.0. The van der Waals surface area contributed by atoms with Gasteiger partial charge in [-0.25, -0.2) is 18.7 Å². The van der Waals surface area contributed by atoms with E-state index in [0.717, 1.165) is 34.1 Å². The molecule has 39 heavy (non-hydrogen) atoms. The fourth-order valence-corrected chi connectivity index (χ4v) is 4.74. The summed E-state index contributed by atoms with van der Waals surface area (Å²) in [5, 5.41) is 15.0. The Morgan fingerprint density at radius 1 is 0.923 bits per heavy atom. The van der Waals surface area contributed by atoms with Gasteiger partial charge in [-0.05, 0) is 83.5 Å². The fraction of sp³-hybridized carbons (Fsp3) is 0.167.